The van der Waals surface area contributed by atoms with Gasteiger partial charge in [0.05, 0.1) is 12.6 Å². The van der Waals surface area contributed by atoms with Gasteiger partial charge in [-0.1, -0.05) is 30.7 Å². The number of para-hydroxylation sites is 1. The normalized spacial score (nSPS) is 19.1. The fourth-order valence-corrected chi connectivity index (χ4v) is 5.20. The Kier molecular flexibility index (Phi) is 7.97. The molecule has 0 saturated carbocycles. The molecular formula is C26H26FN3O4S. The number of rotatable bonds is 10. The zero-order valence-electron chi connectivity index (χ0n) is 19.1. The lowest BCUT2D eigenvalue weighted by atomic mass is 10.0. The van der Waals surface area contributed by atoms with Crippen molar-refractivity contribution in [3.63, 3.8) is 0 Å². The molecular weight excluding hydrogens is 469 g/mol. The number of carbonyl (C=O) groups excluding carboxylic acids is 4. The van der Waals surface area contributed by atoms with Gasteiger partial charge in [0.25, 0.3) is 0 Å². The Morgan fingerprint density at radius 1 is 0.971 bits per heavy atom. The molecule has 4 rings (SSSR count). The Balaban J connectivity index is 1.30. The summed E-state index contributed by atoms with van der Waals surface area (Å²) in [6.07, 6.45) is 3.98. The molecule has 2 aliphatic rings. The van der Waals surface area contributed by atoms with Crippen LogP contribution >= 0.6 is 11.8 Å². The summed E-state index contributed by atoms with van der Waals surface area (Å²) in [5.74, 6) is -1.10. The standard InChI is InChI=1S/C26H26FN3O4S/c27-19-12-10-18(11-13-19)22(31)17-30-21-14-16-35-24(21)25(33)29(26(30)34)15-6-2-5-9-23(32)28-20-7-3-1-4-8-20/h1,3-4,7-8,10-14,16,21,24H,2,5-6,9,15,17H2,(H,28,32). The van der Waals surface area contributed by atoms with Gasteiger partial charge in [-0.2, -0.15) is 0 Å². The molecule has 2 atom stereocenters. The van der Waals surface area contributed by atoms with Gasteiger partial charge in [-0.15, -0.1) is 11.8 Å². The number of unbranched alkanes of at least 4 members (excludes halogenated alkanes) is 2. The van der Waals surface area contributed by atoms with Gasteiger partial charge in [-0.25, -0.2) is 9.18 Å². The number of thioether (sulfide) groups is 1. The van der Waals surface area contributed by atoms with E-state index in [1.807, 2.05) is 30.3 Å². The first-order chi connectivity index (χ1) is 16.9. The lowest BCUT2D eigenvalue weighted by molar-refractivity contribution is -0.131. The molecule has 2 aliphatic heterocycles. The van der Waals surface area contributed by atoms with Crippen LogP contribution in [0, 0.1) is 5.82 Å². The number of imide groups is 1. The topological polar surface area (TPSA) is 86.8 Å². The number of hydrogen-bond acceptors (Lipinski definition) is 5. The Hall–Kier alpha value is -3.46. The first-order valence-corrected chi connectivity index (χ1v) is 12.5. The summed E-state index contributed by atoms with van der Waals surface area (Å²) in [6, 6.07) is 13.4. The van der Waals surface area contributed by atoms with Crippen LogP contribution < -0.4 is 5.32 Å². The number of fused-ring (bicyclic) bond motifs is 1. The largest absolute Gasteiger partial charge is 0.327 e. The van der Waals surface area contributed by atoms with E-state index in [2.05, 4.69) is 5.32 Å². The van der Waals surface area contributed by atoms with Crippen LogP contribution in [-0.4, -0.2) is 57.8 Å². The van der Waals surface area contributed by atoms with Gasteiger partial charge in [-0.05, 0) is 54.6 Å². The van der Waals surface area contributed by atoms with E-state index in [0.29, 0.717) is 31.2 Å². The summed E-state index contributed by atoms with van der Waals surface area (Å²) in [4.78, 5) is 53.6. The second-order valence-electron chi connectivity index (χ2n) is 8.43. The number of anilines is 1. The van der Waals surface area contributed by atoms with Crippen LogP contribution in [0.3, 0.4) is 0 Å². The molecule has 0 aliphatic carbocycles. The van der Waals surface area contributed by atoms with E-state index in [0.717, 1.165) is 5.69 Å². The zero-order valence-corrected chi connectivity index (χ0v) is 19.9. The predicted octanol–water partition coefficient (Wildman–Crippen LogP) is 4.47. The van der Waals surface area contributed by atoms with Gasteiger partial charge in [0, 0.05) is 24.2 Å². The fourth-order valence-electron chi connectivity index (χ4n) is 4.13. The van der Waals surface area contributed by atoms with Crippen LogP contribution in [0.4, 0.5) is 14.9 Å². The summed E-state index contributed by atoms with van der Waals surface area (Å²) in [5.41, 5.74) is 1.05. The van der Waals surface area contributed by atoms with Crippen molar-refractivity contribution in [1.29, 1.82) is 0 Å². The van der Waals surface area contributed by atoms with E-state index in [4.69, 9.17) is 0 Å². The number of hydrogen-bond donors (Lipinski definition) is 1. The molecule has 0 spiro atoms. The number of ketones is 1. The minimum absolute atomic E-state index is 0.0805. The van der Waals surface area contributed by atoms with Gasteiger partial charge >= 0.3 is 6.03 Å². The van der Waals surface area contributed by atoms with Crippen LogP contribution in [0.25, 0.3) is 0 Å². The Morgan fingerprint density at radius 2 is 1.71 bits per heavy atom. The van der Waals surface area contributed by atoms with Gasteiger partial charge in [0.15, 0.2) is 5.78 Å². The van der Waals surface area contributed by atoms with Crippen molar-refractivity contribution in [3.05, 3.63) is 77.5 Å². The SMILES string of the molecule is O=C(CCCCCN1C(=O)C2SC=CC2N(CC(=O)c2ccc(F)cc2)C1=O)Nc1ccccc1. The van der Waals surface area contributed by atoms with Crippen molar-refractivity contribution in [2.24, 2.45) is 0 Å². The fraction of sp³-hybridized carbons (Fsp3) is 0.308. The van der Waals surface area contributed by atoms with Crippen molar-refractivity contribution in [3.8, 4) is 0 Å². The van der Waals surface area contributed by atoms with E-state index < -0.39 is 23.1 Å². The van der Waals surface area contributed by atoms with Crippen LogP contribution in [0.5, 0.6) is 0 Å². The quantitative estimate of drug-likeness (QED) is 0.388. The lowest BCUT2D eigenvalue weighted by Crippen LogP contribution is -2.62. The van der Waals surface area contributed by atoms with Crippen molar-refractivity contribution < 1.29 is 23.6 Å². The highest BCUT2D eigenvalue weighted by molar-refractivity contribution is 8.03. The van der Waals surface area contributed by atoms with Gasteiger partial charge in [0.1, 0.15) is 11.1 Å². The number of nitrogens with zero attached hydrogens (tertiary/aromatic N) is 2. The monoisotopic (exact) mass is 495 g/mol. The molecule has 1 N–H and O–H groups in total. The molecule has 9 heteroatoms. The molecule has 7 nitrogen and oxygen atoms in total. The van der Waals surface area contributed by atoms with E-state index in [1.54, 1.807) is 11.5 Å². The minimum Gasteiger partial charge on any atom is -0.326 e. The highest BCUT2D eigenvalue weighted by atomic mass is 32.2. The molecule has 2 heterocycles. The van der Waals surface area contributed by atoms with Crippen molar-refractivity contribution in [2.75, 3.05) is 18.4 Å². The second kappa shape index (κ2) is 11.3. The summed E-state index contributed by atoms with van der Waals surface area (Å²) in [6.45, 7) is 0.0307. The number of benzene rings is 2. The molecule has 0 bridgehead atoms. The summed E-state index contributed by atoms with van der Waals surface area (Å²) >= 11 is 1.34. The average molecular weight is 496 g/mol. The van der Waals surface area contributed by atoms with Crippen LogP contribution in [-0.2, 0) is 9.59 Å². The zero-order chi connectivity index (χ0) is 24.8. The highest BCUT2D eigenvalue weighted by Gasteiger charge is 2.47. The van der Waals surface area contributed by atoms with Crippen molar-refractivity contribution >= 4 is 41.1 Å². The van der Waals surface area contributed by atoms with E-state index in [9.17, 15) is 23.6 Å². The maximum atomic E-state index is 13.2. The first kappa shape index (κ1) is 24.7. The molecule has 0 radical (unpaired) electrons. The molecule has 4 amide bonds. The Bertz CT molecular complexity index is 1120. The molecule has 1 fully saturated rings. The van der Waals surface area contributed by atoms with Gasteiger partial charge in [-0.3, -0.25) is 19.3 Å². The number of amides is 4. The maximum Gasteiger partial charge on any atom is 0.327 e. The van der Waals surface area contributed by atoms with E-state index in [1.165, 1.54) is 45.8 Å². The molecule has 0 aromatic heterocycles. The third-order valence-corrected chi connectivity index (χ3v) is 7.07. The first-order valence-electron chi connectivity index (χ1n) is 11.5. The van der Waals surface area contributed by atoms with Crippen molar-refractivity contribution in [1.82, 2.24) is 9.80 Å². The van der Waals surface area contributed by atoms with Crippen LogP contribution in [0.15, 0.2) is 66.1 Å². The molecule has 2 aromatic carbocycles. The third kappa shape index (κ3) is 5.97. The number of carbonyl (C=O) groups is 4. The smallest absolute Gasteiger partial charge is 0.326 e. The molecule has 182 valence electrons. The van der Waals surface area contributed by atoms with Gasteiger partial charge < -0.3 is 10.2 Å². The van der Waals surface area contributed by atoms with Crippen LogP contribution in [0.1, 0.15) is 36.0 Å². The Morgan fingerprint density at radius 3 is 2.46 bits per heavy atom. The average Bonchev–Trinajstić information content (AvgIpc) is 3.34. The molecule has 2 aromatic rings. The maximum absolute atomic E-state index is 13.2. The Labute approximate surface area is 207 Å². The molecule has 1 saturated heterocycles. The summed E-state index contributed by atoms with van der Waals surface area (Å²) in [7, 11) is 0. The van der Waals surface area contributed by atoms with Crippen molar-refractivity contribution in [2.45, 2.75) is 37.0 Å². The number of urea groups is 1. The minimum atomic E-state index is -0.499. The molecule has 35 heavy (non-hydrogen) atoms. The van der Waals surface area contributed by atoms with Crippen LogP contribution in [0.2, 0.25) is 0 Å². The second-order valence-corrected chi connectivity index (χ2v) is 9.48. The lowest BCUT2D eigenvalue weighted by Gasteiger charge is -2.41. The number of halogens is 1. The molecule has 2 unspecified atom stereocenters. The number of Topliss-reactive ketones (excluding diaryl/α,β-unsaturated/α-hetero) is 1. The highest BCUT2D eigenvalue weighted by Crippen LogP contribution is 2.34. The van der Waals surface area contributed by atoms with Gasteiger partial charge in [0.2, 0.25) is 11.8 Å². The predicted molar refractivity (Wildman–Crippen MR) is 132 cm³/mol. The van der Waals surface area contributed by atoms with E-state index >= 15 is 0 Å². The number of nitrogens with one attached hydrogen (secondary N) is 1. The summed E-state index contributed by atoms with van der Waals surface area (Å²) in [5, 5.41) is 4.14. The third-order valence-electron chi connectivity index (χ3n) is 5.98. The van der Waals surface area contributed by atoms with E-state index in [-0.39, 0.29) is 30.7 Å². The summed E-state index contributed by atoms with van der Waals surface area (Å²) < 4.78 is 13.2.